The largest absolute Gasteiger partial charge is 0.376 e. The van der Waals surface area contributed by atoms with Crippen molar-refractivity contribution >= 4 is 0 Å². The average molecular weight is 191 g/mol. The van der Waals surface area contributed by atoms with Crippen LogP contribution in [0.5, 0.6) is 0 Å². The molecule has 0 bridgehead atoms. The van der Waals surface area contributed by atoms with Crippen molar-refractivity contribution < 1.29 is 4.74 Å². The van der Waals surface area contributed by atoms with Crippen LogP contribution in [-0.2, 0) is 4.74 Å². The topological polar surface area (TPSA) is 21.3 Å². The number of rotatable bonds is 3. The van der Waals surface area contributed by atoms with E-state index in [9.17, 15) is 0 Å². The van der Waals surface area contributed by atoms with E-state index in [1.54, 1.807) is 7.11 Å². The molecule has 0 amide bonds. The van der Waals surface area contributed by atoms with E-state index in [0.717, 1.165) is 13.1 Å². The van der Waals surface area contributed by atoms with Gasteiger partial charge in [-0.15, -0.1) is 0 Å². The Labute approximate surface area is 85.3 Å². The van der Waals surface area contributed by atoms with E-state index in [1.807, 2.05) is 0 Å². The van der Waals surface area contributed by atoms with Gasteiger partial charge in [0, 0.05) is 26.1 Å². The number of hydrogen-bond acceptors (Lipinski definition) is 2. The minimum Gasteiger partial charge on any atom is -0.376 e. The van der Waals surface area contributed by atoms with E-state index in [4.69, 9.17) is 4.74 Å². The van der Waals surface area contributed by atoms with Crippen LogP contribution in [0.25, 0.3) is 0 Å². The van der Waals surface area contributed by atoms with Crippen LogP contribution >= 0.6 is 0 Å². The highest BCUT2D eigenvalue weighted by Gasteiger charge is 2.28. The molecule has 0 aliphatic carbocycles. The van der Waals surface area contributed by atoms with Crippen molar-refractivity contribution in [3.8, 4) is 0 Å². The molecular weight excluding hydrogens is 174 g/mol. The molecule has 0 unspecified atom stereocenters. The van der Waals surface area contributed by atoms with Crippen molar-refractivity contribution in [1.82, 2.24) is 5.32 Å². The second kappa shape index (κ2) is 4.11. The Balaban J connectivity index is 2.22. The van der Waals surface area contributed by atoms with Crippen molar-refractivity contribution in [2.24, 2.45) is 5.92 Å². The summed E-state index contributed by atoms with van der Waals surface area (Å²) >= 11 is 0. The summed E-state index contributed by atoms with van der Waals surface area (Å²) in [7, 11) is 1.80. The molecule has 1 aliphatic rings. The molecule has 76 valence electrons. The highest BCUT2D eigenvalue weighted by molar-refractivity contribution is 5.28. The van der Waals surface area contributed by atoms with Crippen LogP contribution in [0.15, 0.2) is 24.3 Å². The van der Waals surface area contributed by atoms with Gasteiger partial charge in [0.05, 0.1) is 6.10 Å². The number of aryl methyl sites for hydroxylation is 1. The number of nitrogens with one attached hydrogen (secondary N) is 1. The summed E-state index contributed by atoms with van der Waals surface area (Å²) in [5, 5.41) is 3.29. The van der Waals surface area contributed by atoms with Gasteiger partial charge < -0.3 is 10.1 Å². The zero-order chi connectivity index (χ0) is 9.97. The molecular formula is C12H17NO. The molecule has 1 heterocycles. The standard InChI is InChI=1S/C12H17NO/c1-9-5-3-4-6-11(9)12(14-2)10-7-13-8-10/h3-6,10,12-13H,7-8H2,1-2H3/t12-/m1/s1. The maximum atomic E-state index is 5.58. The summed E-state index contributed by atoms with van der Waals surface area (Å²) in [6, 6.07) is 8.47. The number of methoxy groups -OCH3 is 1. The van der Waals surface area contributed by atoms with Crippen LogP contribution in [0.1, 0.15) is 17.2 Å². The predicted octanol–water partition coefficient (Wildman–Crippen LogP) is 1.90. The first kappa shape index (κ1) is 9.69. The molecule has 1 N–H and O–H groups in total. The maximum absolute atomic E-state index is 5.58. The molecule has 14 heavy (non-hydrogen) atoms. The molecule has 1 atom stereocenters. The van der Waals surface area contributed by atoms with Gasteiger partial charge >= 0.3 is 0 Å². The lowest BCUT2D eigenvalue weighted by Crippen LogP contribution is -2.45. The fourth-order valence-corrected chi connectivity index (χ4v) is 2.00. The van der Waals surface area contributed by atoms with E-state index in [1.165, 1.54) is 11.1 Å². The van der Waals surface area contributed by atoms with Crippen LogP contribution < -0.4 is 5.32 Å². The molecule has 0 saturated carbocycles. The van der Waals surface area contributed by atoms with Gasteiger partial charge in [-0.2, -0.15) is 0 Å². The van der Waals surface area contributed by atoms with Crippen molar-refractivity contribution in [1.29, 1.82) is 0 Å². The average Bonchev–Trinajstić information content (AvgIpc) is 2.12. The van der Waals surface area contributed by atoms with Gasteiger partial charge in [-0.3, -0.25) is 0 Å². The van der Waals surface area contributed by atoms with Crippen molar-refractivity contribution in [3.63, 3.8) is 0 Å². The summed E-state index contributed by atoms with van der Waals surface area (Å²) in [6.07, 6.45) is 0.262. The second-order valence-electron chi connectivity index (χ2n) is 3.93. The van der Waals surface area contributed by atoms with Crippen molar-refractivity contribution in [2.45, 2.75) is 13.0 Å². The van der Waals surface area contributed by atoms with E-state index in [0.29, 0.717) is 5.92 Å². The molecule has 0 aromatic heterocycles. The number of benzene rings is 1. The first-order chi connectivity index (χ1) is 6.83. The third-order valence-electron chi connectivity index (χ3n) is 2.99. The van der Waals surface area contributed by atoms with Gasteiger partial charge in [0.15, 0.2) is 0 Å². The summed E-state index contributed by atoms with van der Waals surface area (Å²) in [4.78, 5) is 0. The Kier molecular flexibility index (Phi) is 2.85. The minimum atomic E-state index is 0.262. The number of hydrogen-bond donors (Lipinski definition) is 1. The molecule has 1 aromatic carbocycles. The summed E-state index contributed by atoms with van der Waals surface area (Å²) in [5.41, 5.74) is 2.66. The highest BCUT2D eigenvalue weighted by Crippen LogP contribution is 2.29. The zero-order valence-electron chi connectivity index (χ0n) is 8.79. The van der Waals surface area contributed by atoms with Gasteiger partial charge in [-0.1, -0.05) is 24.3 Å². The zero-order valence-corrected chi connectivity index (χ0v) is 8.79. The molecule has 1 fully saturated rings. The van der Waals surface area contributed by atoms with Crippen LogP contribution in [-0.4, -0.2) is 20.2 Å². The van der Waals surface area contributed by atoms with E-state index < -0.39 is 0 Å². The quantitative estimate of drug-likeness (QED) is 0.788. The monoisotopic (exact) mass is 191 g/mol. The maximum Gasteiger partial charge on any atom is 0.0876 e. The van der Waals surface area contributed by atoms with Crippen molar-refractivity contribution in [2.75, 3.05) is 20.2 Å². The predicted molar refractivity (Wildman–Crippen MR) is 57.3 cm³/mol. The SMILES string of the molecule is CO[C@@H](c1ccccc1C)C1CNC1. The van der Waals surface area contributed by atoms with E-state index in [2.05, 4.69) is 36.5 Å². The normalized spacial score (nSPS) is 19.0. The second-order valence-corrected chi connectivity index (χ2v) is 3.93. The Morgan fingerprint density at radius 3 is 2.57 bits per heavy atom. The first-order valence-corrected chi connectivity index (χ1v) is 5.12. The smallest absolute Gasteiger partial charge is 0.0876 e. The minimum absolute atomic E-state index is 0.262. The molecule has 2 heteroatoms. The summed E-state index contributed by atoms with van der Waals surface area (Å²) in [6.45, 7) is 4.30. The van der Waals surface area contributed by atoms with Gasteiger partial charge in [0.2, 0.25) is 0 Å². The number of ether oxygens (including phenoxy) is 1. The fourth-order valence-electron chi connectivity index (χ4n) is 2.00. The highest BCUT2D eigenvalue weighted by atomic mass is 16.5. The Morgan fingerprint density at radius 1 is 1.36 bits per heavy atom. The first-order valence-electron chi connectivity index (χ1n) is 5.12. The van der Waals surface area contributed by atoms with Gasteiger partial charge in [-0.25, -0.2) is 0 Å². The lowest BCUT2D eigenvalue weighted by molar-refractivity contribution is 0.0288. The lowest BCUT2D eigenvalue weighted by Gasteiger charge is -2.34. The summed E-state index contributed by atoms with van der Waals surface area (Å²) in [5.74, 6) is 0.640. The molecule has 1 aliphatic heterocycles. The third kappa shape index (κ3) is 1.68. The van der Waals surface area contributed by atoms with Crippen LogP contribution in [0.2, 0.25) is 0 Å². The fraction of sp³-hybridized carbons (Fsp3) is 0.500. The Hall–Kier alpha value is -0.860. The van der Waals surface area contributed by atoms with Gasteiger partial charge in [-0.05, 0) is 18.1 Å². The molecule has 2 nitrogen and oxygen atoms in total. The van der Waals surface area contributed by atoms with Crippen LogP contribution in [0, 0.1) is 12.8 Å². The Bertz CT molecular complexity index is 307. The summed E-state index contributed by atoms with van der Waals surface area (Å²) < 4.78 is 5.58. The molecule has 0 spiro atoms. The Morgan fingerprint density at radius 2 is 2.07 bits per heavy atom. The van der Waals surface area contributed by atoms with Crippen LogP contribution in [0.4, 0.5) is 0 Å². The van der Waals surface area contributed by atoms with Gasteiger partial charge in [0.25, 0.3) is 0 Å². The molecule has 2 rings (SSSR count). The molecule has 1 aromatic rings. The van der Waals surface area contributed by atoms with Crippen molar-refractivity contribution in [3.05, 3.63) is 35.4 Å². The third-order valence-corrected chi connectivity index (χ3v) is 2.99. The van der Waals surface area contributed by atoms with Crippen LogP contribution in [0.3, 0.4) is 0 Å². The lowest BCUT2D eigenvalue weighted by atomic mass is 9.89. The molecule has 1 saturated heterocycles. The van der Waals surface area contributed by atoms with E-state index in [-0.39, 0.29) is 6.10 Å². The van der Waals surface area contributed by atoms with Gasteiger partial charge in [0.1, 0.15) is 0 Å². The molecule has 0 radical (unpaired) electrons. The van der Waals surface area contributed by atoms with E-state index >= 15 is 0 Å².